The van der Waals surface area contributed by atoms with Crippen molar-refractivity contribution in [3.05, 3.63) is 29.8 Å². The molecule has 0 fully saturated rings. The van der Waals surface area contributed by atoms with Crippen molar-refractivity contribution in [2.75, 3.05) is 32.1 Å². The number of aryl methyl sites for hydroxylation is 1. The minimum Gasteiger partial charge on any atom is -0.383 e. The van der Waals surface area contributed by atoms with Gasteiger partial charge in [0.1, 0.15) is 0 Å². The van der Waals surface area contributed by atoms with E-state index in [0.29, 0.717) is 24.4 Å². The van der Waals surface area contributed by atoms with Crippen molar-refractivity contribution in [2.45, 2.75) is 19.0 Å². The second-order valence-corrected chi connectivity index (χ2v) is 4.49. The van der Waals surface area contributed by atoms with Crippen molar-refractivity contribution in [3.8, 4) is 0 Å². The zero-order chi connectivity index (χ0) is 15.7. The maximum absolute atomic E-state index is 12.3. The molecule has 0 aromatic heterocycles. The smallest absolute Gasteiger partial charge is 0.383 e. The van der Waals surface area contributed by atoms with E-state index in [9.17, 15) is 18.0 Å². The summed E-state index contributed by atoms with van der Waals surface area (Å²) in [6.07, 6.45) is -5.28. The highest BCUT2D eigenvalue weighted by molar-refractivity contribution is 5.92. The molecule has 1 aromatic carbocycles. The molecule has 0 aliphatic heterocycles. The van der Waals surface area contributed by atoms with Gasteiger partial charge in [-0.25, -0.2) is 0 Å². The number of hydrogen-bond acceptors (Lipinski definition) is 3. The summed E-state index contributed by atoms with van der Waals surface area (Å²) >= 11 is 0. The first-order valence-electron chi connectivity index (χ1n) is 6.56. The van der Waals surface area contributed by atoms with E-state index in [1.165, 1.54) is 0 Å². The van der Waals surface area contributed by atoms with E-state index in [1.54, 1.807) is 31.4 Å². The van der Waals surface area contributed by atoms with Crippen molar-refractivity contribution in [2.24, 2.45) is 0 Å². The first-order chi connectivity index (χ1) is 9.92. The van der Waals surface area contributed by atoms with E-state index in [2.05, 4.69) is 10.6 Å². The fourth-order valence-corrected chi connectivity index (χ4v) is 1.71. The Bertz CT molecular complexity index is 456. The van der Waals surface area contributed by atoms with Crippen LogP contribution in [0.2, 0.25) is 0 Å². The number of ether oxygens (including phenoxy) is 1. The van der Waals surface area contributed by atoms with Crippen LogP contribution in [0.15, 0.2) is 24.3 Å². The Hall–Kier alpha value is -1.31. The molecule has 0 saturated heterocycles. The van der Waals surface area contributed by atoms with Gasteiger partial charge < -0.3 is 15.4 Å². The van der Waals surface area contributed by atoms with Crippen LogP contribution in [0.25, 0.3) is 0 Å². The van der Waals surface area contributed by atoms with Gasteiger partial charge in [-0.3, -0.25) is 4.79 Å². The van der Waals surface area contributed by atoms with Gasteiger partial charge in [0.05, 0.1) is 13.2 Å². The number of amides is 1. The zero-order valence-electron chi connectivity index (χ0n) is 12.2. The molecule has 0 bridgehead atoms. The predicted octanol–water partition coefficient (Wildman–Crippen LogP) is 2.78. The Morgan fingerprint density at radius 3 is 2.59 bits per heavy atom. The normalized spacial score (nSPS) is 10.9. The molecular formula is C14H20ClF3N2O2. The number of benzene rings is 1. The Morgan fingerprint density at radius 1 is 1.27 bits per heavy atom. The van der Waals surface area contributed by atoms with Gasteiger partial charge in [-0.2, -0.15) is 13.2 Å². The van der Waals surface area contributed by atoms with Gasteiger partial charge in [0.2, 0.25) is 5.91 Å². The fourth-order valence-electron chi connectivity index (χ4n) is 1.71. The highest BCUT2D eigenvalue weighted by atomic mass is 35.5. The van der Waals surface area contributed by atoms with Gasteiger partial charge in [-0.15, -0.1) is 12.4 Å². The van der Waals surface area contributed by atoms with E-state index in [1.807, 2.05) is 0 Å². The largest absolute Gasteiger partial charge is 0.389 e. The lowest BCUT2D eigenvalue weighted by molar-refractivity contribution is -0.133. The average Bonchev–Trinajstić information content (AvgIpc) is 2.42. The van der Waals surface area contributed by atoms with Crippen LogP contribution in [-0.4, -0.2) is 38.9 Å². The minimum atomic E-state index is -4.21. The van der Waals surface area contributed by atoms with Crippen LogP contribution < -0.4 is 10.6 Å². The van der Waals surface area contributed by atoms with Gasteiger partial charge >= 0.3 is 6.18 Å². The standard InChI is InChI=1S/C14H19F3N2O2.ClH/c1-21-9-8-18-10-13(20)19-12-5-3-2-4-11(12)6-7-14(15,16)17;/h2-5,18H,6-10H2,1H3,(H,19,20);1H. The number of nitrogens with one attached hydrogen (secondary N) is 2. The van der Waals surface area contributed by atoms with Crippen LogP contribution in [-0.2, 0) is 16.0 Å². The van der Waals surface area contributed by atoms with Crippen LogP contribution in [0.1, 0.15) is 12.0 Å². The number of hydrogen-bond donors (Lipinski definition) is 2. The van der Waals surface area contributed by atoms with Gasteiger partial charge in [0, 0.05) is 25.8 Å². The van der Waals surface area contributed by atoms with E-state index in [4.69, 9.17) is 4.74 Å². The lowest BCUT2D eigenvalue weighted by Crippen LogP contribution is -2.30. The van der Waals surface area contributed by atoms with Crippen LogP contribution >= 0.6 is 12.4 Å². The molecular weight excluding hydrogens is 321 g/mol. The SMILES string of the molecule is COCCNCC(=O)Nc1ccccc1CCC(F)(F)F.Cl. The molecule has 2 N–H and O–H groups in total. The van der Waals surface area contributed by atoms with Gasteiger partial charge in [-0.05, 0) is 18.1 Å². The average molecular weight is 341 g/mol. The number of carbonyl (C=O) groups excluding carboxylic acids is 1. The van der Waals surface area contributed by atoms with Crippen LogP contribution in [0.4, 0.5) is 18.9 Å². The number of anilines is 1. The van der Waals surface area contributed by atoms with Gasteiger partial charge in [-0.1, -0.05) is 18.2 Å². The van der Waals surface area contributed by atoms with E-state index in [0.717, 1.165) is 0 Å². The van der Waals surface area contributed by atoms with Crippen LogP contribution in [0.5, 0.6) is 0 Å². The van der Waals surface area contributed by atoms with Crippen molar-refractivity contribution in [1.29, 1.82) is 0 Å². The molecule has 0 saturated carbocycles. The molecule has 8 heteroatoms. The second-order valence-electron chi connectivity index (χ2n) is 4.49. The summed E-state index contributed by atoms with van der Waals surface area (Å²) in [5.41, 5.74) is 0.889. The maximum atomic E-state index is 12.3. The molecule has 0 aliphatic rings. The number of methoxy groups -OCH3 is 1. The van der Waals surface area contributed by atoms with Crippen molar-refractivity contribution < 1.29 is 22.7 Å². The molecule has 1 rings (SSSR count). The topological polar surface area (TPSA) is 50.4 Å². The highest BCUT2D eigenvalue weighted by Gasteiger charge is 2.26. The van der Waals surface area contributed by atoms with E-state index < -0.39 is 12.6 Å². The first kappa shape index (κ1) is 20.7. The fraction of sp³-hybridized carbons (Fsp3) is 0.500. The summed E-state index contributed by atoms with van der Waals surface area (Å²) in [5.74, 6) is -0.300. The van der Waals surface area contributed by atoms with Crippen molar-refractivity contribution >= 4 is 24.0 Å². The van der Waals surface area contributed by atoms with Gasteiger partial charge in [0.15, 0.2) is 0 Å². The zero-order valence-corrected chi connectivity index (χ0v) is 13.0. The molecule has 1 amide bonds. The molecule has 0 heterocycles. The summed E-state index contributed by atoms with van der Waals surface area (Å²) < 4.78 is 41.6. The third-order valence-electron chi connectivity index (χ3n) is 2.74. The first-order valence-corrected chi connectivity index (χ1v) is 6.56. The second kappa shape index (κ2) is 10.4. The quantitative estimate of drug-likeness (QED) is 0.715. The lowest BCUT2D eigenvalue weighted by atomic mass is 10.1. The molecule has 4 nitrogen and oxygen atoms in total. The highest BCUT2D eigenvalue weighted by Crippen LogP contribution is 2.25. The molecule has 0 unspecified atom stereocenters. The third kappa shape index (κ3) is 8.86. The monoisotopic (exact) mass is 340 g/mol. The molecule has 1 aromatic rings. The Kier molecular flexibility index (Phi) is 9.80. The number of rotatable bonds is 8. The summed E-state index contributed by atoms with van der Waals surface area (Å²) in [7, 11) is 1.55. The molecule has 0 spiro atoms. The Labute approximate surface area is 133 Å². The van der Waals surface area contributed by atoms with Crippen LogP contribution in [0.3, 0.4) is 0 Å². The third-order valence-corrected chi connectivity index (χ3v) is 2.74. The summed E-state index contributed by atoms with van der Waals surface area (Å²) in [5, 5.41) is 5.48. The maximum Gasteiger partial charge on any atom is 0.389 e. The molecule has 126 valence electrons. The summed E-state index contributed by atoms with van der Waals surface area (Å²) in [6, 6.07) is 6.50. The molecule has 0 atom stereocenters. The van der Waals surface area contributed by atoms with Crippen molar-refractivity contribution in [1.82, 2.24) is 5.32 Å². The van der Waals surface area contributed by atoms with Crippen LogP contribution in [0, 0.1) is 0 Å². The molecule has 0 radical (unpaired) electrons. The number of para-hydroxylation sites is 1. The Morgan fingerprint density at radius 2 is 1.95 bits per heavy atom. The number of alkyl halides is 3. The molecule has 22 heavy (non-hydrogen) atoms. The lowest BCUT2D eigenvalue weighted by Gasteiger charge is -2.12. The predicted molar refractivity (Wildman–Crippen MR) is 81.4 cm³/mol. The van der Waals surface area contributed by atoms with E-state index in [-0.39, 0.29) is 31.3 Å². The number of halogens is 4. The number of carbonyl (C=O) groups is 1. The van der Waals surface area contributed by atoms with Gasteiger partial charge in [0.25, 0.3) is 0 Å². The summed E-state index contributed by atoms with van der Waals surface area (Å²) in [6.45, 7) is 1.09. The minimum absolute atomic E-state index is 0. The summed E-state index contributed by atoms with van der Waals surface area (Å²) in [4.78, 5) is 11.7. The Balaban J connectivity index is 0.00000441. The van der Waals surface area contributed by atoms with Crippen molar-refractivity contribution in [3.63, 3.8) is 0 Å². The molecule has 0 aliphatic carbocycles. The van der Waals surface area contributed by atoms with E-state index >= 15 is 0 Å².